The number of hydrogen-bond donors (Lipinski definition) is 2. The molecule has 0 aliphatic carbocycles. The molecule has 6 heteroatoms. The van der Waals surface area contributed by atoms with Crippen LogP contribution in [-0.4, -0.2) is 20.5 Å². The van der Waals surface area contributed by atoms with Gasteiger partial charge in [-0.1, -0.05) is 24.3 Å². The fourth-order valence-corrected chi connectivity index (χ4v) is 3.18. The van der Waals surface area contributed by atoms with Gasteiger partial charge in [-0.05, 0) is 48.2 Å². The molecule has 2 aromatic carbocycles. The average molecular weight is 320 g/mol. The summed E-state index contributed by atoms with van der Waals surface area (Å²) in [5, 5.41) is 6.47. The van der Waals surface area contributed by atoms with E-state index in [1.54, 1.807) is 13.0 Å². The quantitative estimate of drug-likeness (QED) is 0.706. The summed E-state index contributed by atoms with van der Waals surface area (Å²) in [5.41, 5.74) is 10.3. The molecule has 0 fully saturated rings. The number of carbonyl (C=O) groups is 1. The third-order valence-corrected chi connectivity index (χ3v) is 4.39. The minimum atomic E-state index is -0.324. The second-order valence-corrected chi connectivity index (χ2v) is 6.01. The fraction of sp³-hybridized carbons (Fsp3) is 0.167. The third kappa shape index (κ3) is 2.19. The molecule has 24 heavy (non-hydrogen) atoms. The molecule has 0 spiro atoms. The summed E-state index contributed by atoms with van der Waals surface area (Å²) >= 11 is 0. The number of Topliss-reactive ketones (excluding diaryl/α,β-unsaturated/α-hetero) is 1. The van der Waals surface area contributed by atoms with Gasteiger partial charge in [0, 0.05) is 5.56 Å². The number of nitrogens with one attached hydrogen (secondary N) is 1. The van der Waals surface area contributed by atoms with Gasteiger partial charge in [-0.25, -0.2) is 14.5 Å². The number of benzene rings is 2. The van der Waals surface area contributed by atoms with Crippen LogP contribution in [0, 0.1) is 0 Å². The molecule has 1 aliphatic heterocycles. The summed E-state index contributed by atoms with van der Waals surface area (Å²) in [7, 11) is 0. The van der Waals surface area contributed by atoms with Crippen LogP contribution in [0.15, 0.2) is 47.3 Å². The fourth-order valence-electron chi connectivity index (χ4n) is 3.18. The van der Waals surface area contributed by atoms with E-state index in [2.05, 4.69) is 10.2 Å². The van der Waals surface area contributed by atoms with E-state index in [-0.39, 0.29) is 17.5 Å². The highest BCUT2D eigenvalue weighted by molar-refractivity contribution is 5.95. The molecule has 1 atom stereocenters. The zero-order valence-corrected chi connectivity index (χ0v) is 13.1. The zero-order chi connectivity index (χ0) is 16.8. The van der Waals surface area contributed by atoms with Crippen LogP contribution in [-0.2, 0) is 6.42 Å². The molecule has 0 radical (unpaired) electrons. The molecule has 1 unspecified atom stereocenters. The monoisotopic (exact) mass is 320 g/mol. The molecule has 0 saturated carbocycles. The van der Waals surface area contributed by atoms with Gasteiger partial charge in [0.05, 0.1) is 11.7 Å². The van der Waals surface area contributed by atoms with Crippen LogP contribution in [0.1, 0.15) is 34.7 Å². The van der Waals surface area contributed by atoms with Gasteiger partial charge in [-0.3, -0.25) is 4.79 Å². The summed E-state index contributed by atoms with van der Waals surface area (Å²) in [4.78, 5) is 23.6. The van der Waals surface area contributed by atoms with Gasteiger partial charge >= 0.3 is 5.69 Å². The minimum absolute atomic E-state index is 0.0337. The van der Waals surface area contributed by atoms with Crippen molar-refractivity contribution >= 4 is 5.78 Å². The van der Waals surface area contributed by atoms with Crippen molar-refractivity contribution in [3.8, 4) is 16.8 Å². The number of rotatable bonds is 2. The maximum Gasteiger partial charge on any atom is 0.347 e. The number of H-pyrrole nitrogens is 1. The minimum Gasteiger partial charge on any atom is -0.321 e. The lowest BCUT2D eigenvalue weighted by Crippen LogP contribution is -2.28. The van der Waals surface area contributed by atoms with E-state index in [1.165, 1.54) is 4.57 Å². The molecule has 4 rings (SSSR count). The predicted molar refractivity (Wildman–Crippen MR) is 90.3 cm³/mol. The van der Waals surface area contributed by atoms with E-state index in [0.29, 0.717) is 17.8 Å². The van der Waals surface area contributed by atoms with Gasteiger partial charge < -0.3 is 5.73 Å². The molecule has 0 bridgehead atoms. The van der Waals surface area contributed by atoms with E-state index >= 15 is 0 Å². The molecule has 6 nitrogen and oxygen atoms in total. The van der Waals surface area contributed by atoms with E-state index in [9.17, 15) is 9.59 Å². The molecule has 0 saturated heterocycles. The van der Waals surface area contributed by atoms with E-state index < -0.39 is 0 Å². The molecular formula is C18H16N4O2. The Morgan fingerprint density at radius 2 is 2.04 bits per heavy atom. The zero-order valence-electron chi connectivity index (χ0n) is 13.1. The van der Waals surface area contributed by atoms with Crippen LogP contribution in [0.2, 0.25) is 0 Å². The summed E-state index contributed by atoms with van der Waals surface area (Å²) in [6.07, 6.45) is 0.611. The summed E-state index contributed by atoms with van der Waals surface area (Å²) in [5.74, 6) is 0.588. The Balaban J connectivity index is 1.85. The number of hydrogen-bond acceptors (Lipinski definition) is 4. The van der Waals surface area contributed by atoms with Crippen molar-refractivity contribution in [2.45, 2.75) is 19.4 Å². The molecule has 120 valence electrons. The largest absolute Gasteiger partial charge is 0.347 e. The molecular weight excluding hydrogens is 304 g/mol. The van der Waals surface area contributed by atoms with Gasteiger partial charge in [0.1, 0.15) is 0 Å². The van der Waals surface area contributed by atoms with Crippen molar-refractivity contribution in [1.29, 1.82) is 0 Å². The SMILES string of the molecule is CC(=O)c1cccc(-c2ccc3c(c2)CC(N)c2n[nH]c(=O)n2-3)c1. The number of aromatic nitrogens is 3. The van der Waals surface area contributed by atoms with Crippen LogP contribution < -0.4 is 11.4 Å². The number of nitrogens with zero attached hydrogens (tertiary/aromatic N) is 2. The number of ketones is 1. The van der Waals surface area contributed by atoms with E-state index in [4.69, 9.17) is 5.73 Å². The maximum absolute atomic E-state index is 12.0. The Morgan fingerprint density at radius 1 is 1.25 bits per heavy atom. The Hall–Kier alpha value is -2.99. The highest BCUT2D eigenvalue weighted by Crippen LogP contribution is 2.31. The Kier molecular flexibility index (Phi) is 3.21. The summed E-state index contributed by atoms with van der Waals surface area (Å²) < 4.78 is 1.53. The first kappa shape index (κ1) is 14.6. The van der Waals surface area contributed by atoms with Gasteiger partial charge in [0.15, 0.2) is 11.6 Å². The highest BCUT2D eigenvalue weighted by Gasteiger charge is 2.25. The second kappa shape index (κ2) is 5.28. The van der Waals surface area contributed by atoms with Gasteiger partial charge in [0.2, 0.25) is 0 Å². The number of carbonyl (C=O) groups excluding carboxylic acids is 1. The van der Waals surface area contributed by atoms with Crippen molar-refractivity contribution in [2.24, 2.45) is 5.73 Å². The standard InChI is InChI=1S/C18H16N4O2/c1-10(23)11-3-2-4-12(7-11)13-5-6-16-14(8-13)9-15(19)17-20-21-18(24)22(16)17/h2-8,15H,9,19H2,1H3,(H,21,24). The highest BCUT2D eigenvalue weighted by atomic mass is 16.1. The normalized spacial score (nSPS) is 15.7. The van der Waals surface area contributed by atoms with Crippen molar-refractivity contribution in [1.82, 2.24) is 14.8 Å². The Bertz CT molecular complexity index is 1020. The average Bonchev–Trinajstić information content (AvgIpc) is 2.97. The predicted octanol–water partition coefficient (Wildman–Crippen LogP) is 1.99. The molecule has 1 aliphatic rings. The summed E-state index contributed by atoms with van der Waals surface area (Å²) in [6.45, 7) is 1.55. The molecule has 3 aromatic rings. The van der Waals surface area contributed by atoms with Crippen molar-refractivity contribution in [2.75, 3.05) is 0 Å². The third-order valence-electron chi connectivity index (χ3n) is 4.39. The number of fused-ring (bicyclic) bond motifs is 3. The lowest BCUT2D eigenvalue weighted by Gasteiger charge is -2.22. The first-order valence-corrected chi connectivity index (χ1v) is 7.72. The van der Waals surface area contributed by atoms with Crippen molar-refractivity contribution < 1.29 is 4.79 Å². The van der Waals surface area contributed by atoms with Gasteiger partial charge in [-0.2, -0.15) is 5.10 Å². The van der Waals surface area contributed by atoms with Crippen LogP contribution in [0.3, 0.4) is 0 Å². The van der Waals surface area contributed by atoms with E-state index in [1.807, 2.05) is 36.4 Å². The Labute approximate surface area is 137 Å². The first-order valence-electron chi connectivity index (χ1n) is 7.72. The van der Waals surface area contributed by atoms with E-state index in [0.717, 1.165) is 22.4 Å². The lowest BCUT2D eigenvalue weighted by atomic mass is 9.94. The maximum atomic E-state index is 12.0. The molecule has 0 amide bonds. The van der Waals surface area contributed by atoms with Crippen LogP contribution >= 0.6 is 0 Å². The summed E-state index contributed by atoms with van der Waals surface area (Å²) in [6, 6.07) is 13.1. The van der Waals surface area contributed by atoms with Crippen LogP contribution in [0.25, 0.3) is 16.8 Å². The number of aromatic amines is 1. The van der Waals surface area contributed by atoms with Crippen molar-refractivity contribution in [3.63, 3.8) is 0 Å². The van der Waals surface area contributed by atoms with Crippen LogP contribution in [0.5, 0.6) is 0 Å². The van der Waals surface area contributed by atoms with Gasteiger partial charge in [0.25, 0.3) is 0 Å². The topological polar surface area (TPSA) is 93.8 Å². The van der Waals surface area contributed by atoms with Crippen LogP contribution in [0.4, 0.5) is 0 Å². The first-order chi connectivity index (χ1) is 11.5. The number of nitrogens with two attached hydrogens (primary N) is 1. The molecule has 1 aromatic heterocycles. The smallest absolute Gasteiger partial charge is 0.321 e. The van der Waals surface area contributed by atoms with Crippen molar-refractivity contribution in [3.05, 3.63) is 69.9 Å². The van der Waals surface area contributed by atoms with Gasteiger partial charge in [-0.15, -0.1) is 0 Å². The molecule has 2 heterocycles. The lowest BCUT2D eigenvalue weighted by molar-refractivity contribution is 0.101. The second-order valence-electron chi connectivity index (χ2n) is 6.01. The molecule has 3 N–H and O–H groups in total. The Morgan fingerprint density at radius 3 is 2.83 bits per heavy atom.